The van der Waals surface area contributed by atoms with Gasteiger partial charge in [-0.25, -0.2) is 9.67 Å². The molecule has 2 aromatic rings. The molecule has 0 spiro atoms. The lowest BCUT2D eigenvalue weighted by Crippen LogP contribution is -2.13. The van der Waals surface area contributed by atoms with Gasteiger partial charge in [-0.15, -0.1) is 0 Å². The number of alkyl halides is 3. The maximum absolute atomic E-state index is 12.5. The van der Waals surface area contributed by atoms with E-state index in [2.05, 4.69) is 15.1 Å². The second-order valence-electron chi connectivity index (χ2n) is 3.80. The molecule has 6 nitrogen and oxygen atoms in total. The van der Waals surface area contributed by atoms with Gasteiger partial charge >= 0.3 is 6.18 Å². The van der Waals surface area contributed by atoms with Crippen molar-refractivity contribution in [2.24, 2.45) is 7.05 Å². The van der Waals surface area contributed by atoms with Crippen LogP contribution in [-0.4, -0.2) is 19.7 Å². The second-order valence-corrected chi connectivity index (χ2v) is 3.80. The fourth-order valence-electron chi connectivity index (χ4n) is 1.41. The number of aromatic nitrogens is 4. The molecule has 19 heavy (non-hydrogen) atoms. The van der Waals surface area contributed by atoms with Crippen LogP contribution in [-0.2, 0) is 13.2 Å². The van der Waals surface area contributed by atoms with E-state index in [1.54, 1.807) is 20.0 Å². The first-order valence-corrected chi connectivity index (χ1v) is 5.16. The van der Waals surface area contributed by atoms with Gasteiger partial charge in [-0.1, -0.05) is 0 Å². The molecule has 0 radical (unpaired) electrons. The van der Waals surface area contributed by atoms with Gasteiger partial charge in [0.1, 0.15) is 5.82 Å². The second kappa shape index (κ2) is 4.41. The van der Waals surface area contributed by atoms with Crippen LogP contribution in [0.15, 0.2) is 12.1 Å². The number of nitrogens with two attached hydrogens (primary N) is 1. The molecule has 2 rings (SSSR count). The van der Waals surface area contributed by atoms with Crippen molar-refractivity contribution in [1.82, 2.24) is 19.7 Å². The van der Waals surface area contributed by atoms with Gasteiger partial charge in [-0.3, -0.25) is 0 Å². The molecule has 0 aromatic carbocycles. The van der Waals surface area contributed by atoms with Crippen molar-refractivity contribution in [3.05, 3.63) is 23.7 Å². The van der Waals surface area contributed by atoms with Gasteiger partial charge in [0, 0.05) is 19.2 Å². The summed E-state index contributed by atoms with van der Waals surface area (Å²) >= 11 is 0. The van der Waals surface area contributed by atoms with E-state index in [0.717, 1.165) is 6.07 Å². The summed E-state index contributed by atoms with van der Waals surface area (Å²) in [6.45, 7) is 1.72. The van der Waals surface area contributed by atoms with Gasteiger partial charge < -0.3 is 10.5 Å². The van der Waals surface area contributed by atoms with Crippen molar-refractivity contribution in [1.29, 1.82) is 0 Å². The summed E-state index contributed by atoms with van der Waals surface area (Å²) < 4.78 is 44.1. The number of hydrogen-bond donors (Lipinski definition) is 1. The van der Waals surface area contributed by atoms with Crippen molar-refractivity contribution in [2.45, 2.75) is 13.1 Å². The topological polar surface area (TPSA) is 78.9 Å². The van der Waals surface area contributed by atoms with Crippen LogP contribution in [0, 0.1) is 6.92 Å². The van der Waals surface area contributed by atoms with Gasteiger partial charge in [0.25, 0.3) is 0 Å². The summed E-state index contributed by atoms with van der Waals surface area (Å²) in [4.78, 5) is 6.38. The first kappa shape index (κ1) is 13.1. The molecule has 0 aliphatic heterocycles. The van der Waals surface area contributed by atoms with Crippen LogP contribution in [0.4, 0.5) is 19.0 Å². The van der Waals surface area contributed by atoms with E-state index in [1.807, 2.05) is 0 Å². The highest BCUT2D eigenvalue weighted by Gasteiger charge is 2.35. The number of hydrogen-bond acceptors (Lipinski definition) is 5. The SMILES string of the molecule is Cc1cc(Oc2cc(N)nc(C(F)(F)F)n2)n(C)n1. The van der Waals surface area contributed by atoms with Gasteiger partial charge in [0.05, 0.1) is 5.69 Å². The predicted molar refractivity (Wildman–Crippen MR) is 59.5 cm³/mol. The maximum Gasteiger partial charge on any atom is 0.451 e. The molecule has 0 amide bonds. The van der Waals surface area contributed by atoms with Gasteiger partial charge in [0.15, 0.2) is 0 Å². The average molecular weight is 273 g/mol. The quantitative estimate of drug-likeness (QED) is 0.904. The predicted octanol–water partition coefficient (Wildman–Crippen LogP) is 1.91. The summed E-state index contributed by atoms with van der Waals surface area (Å²) in [6.07, 6.45) is -4.68. The smallest absolute Gasteiger partial charge is 0.421 e. The molecule has 102 valence electrons. The van der Waals surface area contributed by atoms with Crippen molar-refractivity contribution in [3.63, 3.8) is 0 Å². The molecule has 2 heterocycles. The van der Waals surface area contributed by atoms with Gasteiger partial charge in [-0.05, 0) is 6.92 Å². The molecule has 2 aromatic heterocycles. The van der Waals surface area contributed by atoms with E-state index in [4.69, 9.17) is 10.5 Å². The fraction of sp³-hybridized carbons (Fsp3) is 0.300. The Morgan fingerprint density at radius 2 is 1.95 bits per heavy atom. The molecule has 0 fully saturated rings. The number of aryl methyl sites for hydroxylation is 2. The summed E-state index contributed by atoms with van der Waals surface area (Å²) in [5, 5.41) is 4.00. The Morgan fingerprint density at radius 3 is 2.47 bits per heavy atom. The first-order chi connectivity index (χ1) is 8.75. The Balaban J connectivity index is 2.35. The highest BCUT2D eigenvalue weighted by Crippen LogP contribution is 2.29. The Hall–Kier alpha value is -2.32. The van der Waals surface area contributed by atoms with E-state index < -0.39 is 12.0 Å². The van der Waals surface area contributed by atoms with Crippen molar-refractivity contribution in [3.8, 4) is 11.8 Å². The Labute approximate surface area is 106 Å². The largest absolute Gasteiger partial charge is 0.451 e. The molecular weight excluding hydrogens is 263 g/mol. The van der Waals surface area contributed by atoms with E-state index in [-0.39, 0.29) is 17.6 Å². The summed E-state index contributed by atoms with van der Waals surface area (Å²) in [5.74, 6) is -1.70. The van der Waals surface area contributed by atoms with Crippen molar-refractivity contribution in [2.75, 3.05) is 5.73 Å². The Morgan fingerprint density at radius 1 is 1.26 bits per heavy atom. The number of nitrogens with zero attached hydrogens (tertiary/aromatic N) is 4. The first-order valence-electron chi connectivity index (χ1n) is 5.16. The van der Waals surface area contributed by atoms with E-state index in [1.165, 1.54) is 4.68 Å². The molecule has 0 unspecified atom stereocenters. The third-order valence-electron chi connectivity index (χ3n) is 2.14. The number of ether oxygens (including phenoxy) is 1. The molecule has 0 bridgehead atoms. The third-order valence-corrected chi connectivity index (χ3v) is 2.14. The maximum atomic E-state index is 12.5. The Kier molecular flexibility index (Phi) is 3.05. The summed E-state index contributed by atoms with van der Waals surface area (Å²) in [7, 11) is 1.59. The normalized spacial score (nSPS) is 11.6. The zero-order valence-corrected chi connectivity index (χ0v) is 10.1. The minimum atomic E-state index is -4.68. The summed E-state index contributed by atoms with van der Waals surface area (Å²) in [5.41, 5.74) is 5.96. The van der Waals surface area contributed by atoms with Crippen LogP contribution in [0.2, 0.25) is 0 Å². The van der Waals surface area contributed by atoms with Crippen LogP contribution in [0.1, 0.15) is 11.5 Å². The molecule has 0 saturated heterocycles. The van der Waals surface area contributed by atoms with Crippen LogP contribution in [0.5, 0.6) is 11.8 Å². The molecule has 9 heteroatoms. The monoisotopic (exact) mass is 273 g/mol. The van der Waals surface area contributed by atoms with Crippen LogP contribution in [0.3, 0.4) is 0 Å². The number of halogens is 3. The van der Waals surface area contributed by atoms with Gasteiger partial charge in [0.2, 0.25) is 17.6 Å². The van der Waals surface area contributed by atoms with Crippen LogP contribution >= 0.6 is 0 Å². The zero-order chi connectivity index (χ0) is 14.2. The van der Waals surface area contributed by atoms with Gasteiger partial charge in [-0.2, -0.15) is 23.3 Å². The fourth-order valence-corrected chi connectivity index (χ4v) is 1.41. The minimum absolute atomic E-state index is 0.253. The molecular formula is C10H10F3N5O. The number of anilines is 1. The lowest BCUT2D eigenvalue weighted by molar-refractivity contribution is -0.145. The Bertz CT molecular complexity index is 608. The molecule has 2 N–H and O–H groups in total. The third kappa shape index (κ3) is 2.92. The zero-order valence-electron chi connectivity index (χ0n) is 10.1. The van der Waals surface area contributed by atoms with Crippen LogP contribution < -0.4 is 10.5 Å². The van der Waals surface area contributed by atoms with Crippen LogP contribution in [0.25, 0.3) is 0 Å². The van der Waals surface area contributed by atoms with E-state index >= 15 is 0 Å². The van der Waals surface area contributed by atoms with E-state index in [9.17, 15) is 13.2 Å². The van der Waals surface area contributed by atoms with Crippen molar-refractivity contribution >= 4 is 5.82 Å². The highest BCUT2D eigenvalue weighted by atomic mass is 19.4. The highest BCUT2D eigenvalue weighted by molar-refractivity contribution is 5.35. The average Bonchev–Trinajstić information content (AvgIpc) is 2.55. The molecule has 0 aliphatic carbocycles. The van der Waals surface area contributed by atoms with E-state index in [0.29, 0.717) is 5.69 Å². The van der Waals surface area contributed by atoms with Crippen molar-refractivity contribution < 1.29 is 17.9 Å². The standard InChI is InChI=1S/C10H10F3N5O/c1-5-3-8(18(2)17-5)19-7-4-6(14)15-9(16-7)10(11,12)13/h3-4H,1-2H3,(H2,14,15,16). The number of rotatable bonds is 2. The molecule has 0 saturated carbocycles. The minimum Gasteiger partial charge on any atom is -0.421 e. The molecule has 0 atom stereocenters. The molecule has 0 aliphatic rings. The lowest BCUT2D eigenvalue weighted by atomic mass is 10.5. The number of nitrogen functional groups attached to an aromatic ring is 1. The lowest BCUT2D eigenvalue weighted by Gasteiger charge is -2.09. The summed E-state index contributed by atoms with van der Waals surface area (Å²) in [6, 6.07) is 2.67.